The highest BCUT2D eigenvalue weighted by molar-refractivity contribution is 7.91. The van der Waals surface area contributed by atoms with Gasteiger partial charge in [-0.25, -0.2) is 8.42 Å². The first-order chi connectivity index (χ1) is 12.3. The number of carbonyl (C=O) groups excluding carboxylic acids is 1. The molecule has 0 saturated carbocycles. The number of anilines is 1. The van der Waals surface area contributed by atoms with Crippen LogP contribution in [0.25, 0.3) is 0 Å². The van der Waals surface area contributed by atoms with Crippen molar-refractivity contribution in [3.05, 3.63) is 54.1 Å². The molecule has 0 aliphatic rings. The van der Waals surface area contributed by atoms with Crippen LogP contribution >= 0.6 is 0 Å². The van der Waals surface area contributed by atoms with Gasteiger partial charge in [0.05, 0.1) is 29.4 Å². The molecule has 1 unspecified atom stereocenters. The number of amides is 1. The summed E-state index contributed by atoms with van der Waals surface area (Å²) in [5.74, 6) is -0.819. The Kier molecular flexibility index (Phi) is 6.01. The van der Waals surface area contributed by atoms with Crippen molar-refractivity contribution in [2.75, 3.05) is 24.8 Å². The molecule has 0 aliphatic carbocycles. The summed E-state index contributed by atoms with van der Waals surface area (Å²) >= 11 is 0. The lowest BCUT2D eigenvalue weighted by atomic mass is 10.1. The molecule has 2 aromatic carbocycles. The van der Waals surface area contributed by atoms with Crippen LogP contribution in [-0.2, 0) is 14.6 Å². The summed E-state index contributed by atoms with van der Waals surface area (Å²) in [6, 6.07) is 14.7. The normalized spacial score (nSPS) is 12.1. The van der Waals surface area contributed by atoms with Crippen LogP contribution in [-0.4, -0.2) is 34.2 Å². The lowest BCUT2D eigenvalue weighted by Crippen LogP contribution is -2.35. The Labute approximate surface area is 153 Å². The third kappa shape index (κ3) is 4.41. The van der Waals surface area contributed by atoms with Gasteiger partial charge in [0.25, 0.3) is 0 Å². The predicted octanol–water partition coefficient (Wildman–Crippen LogP) is 2.64. The van der Waals surface area contributed by atoms with Crippen molar-refractivity contribution in [1.82, 2.24) is 0 Å². The topological polar surface area (TPSA) is 87.5 Å². The molecule has 2 aromatic rings. The largest absolute Gasteiger partial charge is 0.497 e. The Morgan fingerprint density at radius 2 is 1.88 bits per heavy atom. The minimum atomic E-state index is -3.61. The van der Waals surface area contributed by atoms with Crippen molar-refractivity contribution >= 4 is 21.4 Å². The molecule has 26 heavy (non-hydrogen) atoms. The van der Waals surface area contributed by atoms with E-state index in [-0.39, 0.29) is 16.6 Å². The molecule has 7 heteroatoms. The number of nitriles is 1. The smallest absolute Gasteiger partial charge is 0.230 e. The second-order valence-electron chi connectivity index (χ2n) is 5.92. The first-order valence-corrected chi connectivity index (χ1v) is 9.58. The van der Waals surface area contributed by atoms with Gasteiger partial charge < -0.3 is 9.64 Å². The zero-order valence-corrected chi connectivity index (χ0v) is 15.7. The molecule has 0 spiro atoms. The highest BCUT2D eigenvalue weighted by Crippen LogP contribution is 2.21. The third-order valence-corrected chi connectivity index (χ3v) is 5.93. The van der Waals surface area contributed by atoms with E-state index in [9.17, 15) is 13.2 Å². The van der Waals surface area contributed by atoms with E-state index in [0.29, 0.717) is 17.0 Å². The van der Waals surface area contributed by atoms with E-state index in [4.69, 9.17) is 10.00 Å². The van der Waals surface area contributed by atoms with Crippen LogP contribution in [0.1, 0.15) is 12.5 Å². The Morgan fingerprint density at radius 1 is 1.23 bits per heavy atom. The van der Waals surface area contributed by atoms with E-state index >= 15 is 0 Å². The molecule has 6 nitrogen and oxygen atoms in total. The second-order valence-corrected chi connectivity index (χ2v) is 7.95. The predicted molar refractivity (Wildman–Crippen MR) is 98.8 cm³/mol. The summed E-state index contributed by atoms with van der Waals surface area (Å²) in [7, 11) is -0.547. The number of rotatable bonds is 6. The van der Waals surface area contributed by atoms with Crippen molar-refractivity contribution in [2.45, 2.75) is 11.8 Å². The number of methoxy groups -OCH3 is 1. The lowest BCUT2D eigenvalue weighted by molar-refractivity contribution is -0.121. The molecule has 0 fully saturated rings. The summed E-state index contributed by atoms with van der Waals surface area (Å²) in [6.07, 6.45) is 0. The summed E-state index contributed by atoms with van der Waals surface area (Å²) in [5, 5.41) is 8.97. The SMILES string of the molecule is COc1ccc(S(=O)(=O)CC(C)C(=O)N(C)c2cccc(C#N)c2)cc1. The number of nitrogens with zero attached hydrogens (tertiary/aromatic N) is 2. The van der Waals surface area contributed by atoms with Gasteiger partial charge in [-0.3, -0.25) is 4.79 Å². The number of hydrogen-bond acceptors (Lipinski definition) is 5. The van der Waals surface area contributed by atoms with E-state index in [2.05, 4.69) is 0 Å². The molecule has 0 N–H and O–H groups in total. The summed E-state index contributed by atoms with van der Waals surface area (Å²) in [6.45, 7) is 1.58. The van der Waals surface area contributed by atoms with Gasteiger partial charge in [-0.1, -0.05) is 13.0 Å². The summed E-state index contributed by atoms with van der Waals surface area (Å²) in [5.41, 5.74) is 0.975. The Balaban J connectivity index is 2.15. The van der Waals surface area contributed by atoms with Crippen molar-refractivity contribution in [3.63, 3.8) is 0 Å². The van der Waals surface area contributed by atoms with Crippen molar-refractivity contribution in [1.29, 1.82) is 5.26 Å². The standard InChI is InChI=1S/C19H20N2O4S/c1-14(13-26(23,24)18-9-7-17(25-3)8-10-18)19(22)21(2)16-6-4-5-15(11-16)12-20/h4-11,14H,13H2,1-3H3. The van der Waals surface area contributed by atoms with E-state index in [0.717, 1.165) is 0 Å². The zero-order valence-electron chi connectivity index (χ0n) is 14.8. The van der Waals surface area contributed by atoms with Gasteiger partial charge >= 0.3 is 0 Å². The number of ether oxygens (including phenoxy) is 1. The van der Waals surface area contributed by atoms with Crippen LogP contribution in [0, 0.1) is 17.2 Å². The van der Waals surface area contributed by atoms with Gasteiger partial charge in [0, 0.05) is 18.7 Å². The molecule has 0 saturated heterocycles. The third-order valence-electron chi connectivity index (χ3n) is 4.00. The van der Waals surface area contributed by atoms with Crippen LogP contribution < -0.4 is 9.64 Å². The maximum Gasteiger partial charge on any atom is 0.230 e. The minimum absolute atomic E-state index is 0.145. The highest BCUT2D eigenvalue weighted by Gasteiger charge is 2.26. The highest BCUT2D eigenvalue weighted by atomic mass is 32.2. The zero-order chi connectivity index (χ0) is 19.3. The van der Waals surface area contributed by atoms with Gasteiger partial charge in [0.2, 0.25) is 5.91 Å². The number of benzene rings is 2. The fourth-order valence-electron chi connectivity index (χ4n) is 2.52. The van der Waals surface area contributed by atoms with Crippen LogP contribution in [0.4, 0.5) is 5.69 Å². The summed E-state index contributed by atoms with van der Waals surface area (Å²) < 4.78 is 30.1. The molecule has 1 amide bonds. The first-order valence-electron chi connectivity index (χ1n) is 7.93. The lowest BCUT2D eigenvalue weighted by Gasteiger charge is -2.21. The molecule has 0 bridgehead atoms. The molecule has 0 aliphatic heterocycles. The monoisotopic (exact) mass is 372 g/mol. The van der Waals surface area contributed by atoms with Gasteiger partial charge in [-0.15, -0.1) is 0 Å². The van der Waals surface area contributed by atoms with Crippen LogP contribution in [0.5, 0.6) is 5.75 Å². The van der Waals surface area contributed by atoms with Crippen LogP contribution in [0.2, 0.25) is 0 Å². The van der Waals surface area contributed by atoms with E-state index in [1.165, 1.54) is 24.1 Å². The van der Waals surface area contributed by atoms with Crippen molar-refractivity contribution in [3.8, 4) is 11.8 Å². The molecular weight excluding hydrogens is 352 g/mol. The van der Waals surface area contributed by atoms with Gasteiger partial charge in [0.1, 0.15) is 5.75 Å². The first kappa shape index (κ1) is 19.5. The molecule has 1 atom stereocenters. The molecule has 0 heterocycles. The Morgan fingerprint density at radius 3 is 2.46 bits per heavy atom. The molecule has 0 radical (unpaired) electrons. The molecule has 0 aromatic heterocycles. The number of carbonyl (C=O) groups is 1. The average Bonchev–Trinajstić information content (AvgIpc) is 2.66. The van der Waals surface area contributed by atoms with Crippen molar-refractivity contribution < 1.29 is 17.9 Å². The van der Waals surface area contributed by atoms with E-state index < -0.39 is 15.8 Å². The quantitative estimate of drug-likeness (QED) is 0.778. The maximum atomic E-state index is 12.6. The van der Waals surface area contributed by atoms with E-state index in [1.54, 1.807) is 50.4 Å². The Hall–Kier alpha value is -2.85. The fraction of sp³-hybridized carbons (Fsp3) is 0.263. The van der Waals surface area contributed by atoms with Gasteiger partial charge in [0.15, 0.2) is 9.84 Å². The van der Waals surface area contributed by atoms with E-state index in [1.807, 2.05) is 6.07 Å². The maximum absolute atomic E-state index is 12.6. The number of hydrogen-bond donors (Lipinski definition) is 0. The molecular formula is C19H20N2O4S. The summed E-state index contributed by atoms with van der Waals surface area (Å²) in [4.78, 5) is 14.1. The Bertz CT molecular complexity index is 931. The number of sulfone groups is 1. The second kappa shape index (κ2) is 8.02. The molecule has 2 rings (SSSR count). The molecule has 136 valence electrons. The van der Waals surface area contributed by atoms with Gasteiger partial charge in [-0.05, 0) is 42.5 Å². The minimum Gasteiger partial charge on any atom is -0.497 e. The van der Waals surface area contributed by atoms with Crippen LogP contribution in [0.15, 0.2) is 53.4 Å². The average molecular weight is 372 g/mol. The van der Waals surface area contributed by atoms with Gasteiger partial charge in [-0.2, -0.15) is 5.26 Å². The van der Waals surface area contributed by atoms with Crippen LogP contribution in [0.3, 0.4) is 0 Å². The van der Waals surface area contributed by atoms with Crippen molar-refractivity contribution in [2.24, 2.45) is 5.92 Å². The fourth-order valence-corrected chi connectivity index (χ4v) is 4.07.